The van der Waals surface area contributed by atoms with Crippen molar-refractivity contribution in [3.05, 3.63) is 82.0 Å². The van der Waals surface area contributed by atoms with E-state index in [0.717, 1.165) is 5.69 Å². The normalized spacial score (nSPS) is 10.4. The largest absolute Gasteiger partial charge is 0.452 e. The first kappa shape index (κ1) is 21.6. The Morgan fingerprint density at radius 1 is 1.00 bits per heavy atom. The van der Waals surface area contributed by atoms with Gasteiger partial charge in [-0.25, -0.2) is 9.59 Å². The van der Waals surface area contributed by atoms with E-state index in [1.807, 2.05) is 0 Å². The van der Waals surface area contributed by atoms with Crippen molar-refractivity contribution in [2.24, 2.45) is 0 Å². The van der Waals surface area contributed by atoms with E-state index >= 15 is 0 Å². The Balaban J connectivity index is 1.55. The number of esters is 1. The number of benzene rings is 2. The maximum Gasteiger partial charge on any atom is 0.338 e. The first-order chi connectivity index (χ1) is 14.8. The first-order valence-corrected chi connectivity index (χ1v) is 9.42. The Labute approximate surface area is 178 Å². The molecule has 0 fully saturated rings. The number of hydrogen-bond acceptors (Lipinski definition) is 5. The van der Waals surface area contributed by atoms with Crippen LogP contribution in [-0.4, -0.2) is 52.9 Å². The summed E-state index contributed by atoms with van der Waals surface area (Å²) in [5.41, 5.74) is 2.29. The molecule has 2 aromatic carbocycles. The molecule has 1 heterocycles. The van der Waals surface area contributed by atoms with Crippen LogP contribution in [0.5, 0.6) is 0 Å². The molecule has 9 heteroatoms. The third-order valence-corrected chi connectivity index (χ3v) is 4.48. The number of ether oxygens (including phenoxy) is 1. The maximum absolute atomic E-state index is 12.2. The standard InChI is InChI=1S/C22H22N4O5/c1-14-12-23-22(30)26(14)18-10-6-16(7-11-18)21(29)31-13-19(27)24-17-8-4-15(5-9-17)20(28)25(2)3/h4-12H,13H2,1-3H3,(H,23,30)(H,24,27). The van der Waals surface area contributed by atoms with E-state index in [1.54, 1.807) is 63.6 Å². The lowest BCUT2D eigenvalue weighted by molar-refractivity contribution is -0.119. The number of carbonyl (C=O) groups is 3. The lowest BCUT2D eigenvalue weighted by Crippen LogP contribution is -2.22. The van der Waals surface area contributed by atoms with Crippen LogP contribution in [-0.2, 0) is 9.53 Å². The summed E-state index contributed by atoms with van der Waals surface area (Å²) in [7, 11) is 3.31. The van der Waals surface area contributed by atoms with Crippen LogP contribution in [0.3, 0.4) is 0 Å². The summed E-state index contributed by atoms with van der Waals surface area (Å²) < 4.78 is 6.52. The molecule has 0 bridgehead atoms. The fourth-order valence-corrected chi connectivity index (χ4v) is 2.89. The van der Waals surface area contributed by atoms with Crippen molar-refractivity contribution in [2.75, 3.05) is 26.0 Å². The molecular formula is C22H22N4O5. The highest BCUT2D eigenvalue weighted by molar-refractivity contribution is 5.97. The predicted molar refractivity (Wildman–Crippen MR) is 114 cm³/mol. The Morgan fingerprint density at radius 2 is 1.61 bits per heavy atom. The molecular weight excluding hydrogens is 400 g/mol. The minimum absolute atomic E-state index is 0.144. The number of aromatic nitrogens is 2. The molecule has 2 amide bonds. The molecule has 0 aliphatic carbocycles. The number of nitrogens with one attached hydrogen (secondary N) is 2. The van der Waals surface area contributed by atoms with Gasteiger partial charge in [0.2, 0.25) is 0 Å². The van der Waals surface area contributed by atoms with E-state index in [1.165, 1.54) is 21.6 Å². The van der Waals surface area contributed by atoms with Gasteiger partial charge in [0, 0.05) is 37.2 Å². The summed E-state index contributed by atoms with van der Waals surface area (Å²) in [5, 5.41) is 2.60. The van der Waals surface area contributed by atoms with E-state index in [-0.39, 0.29) is 17.2 Å². The number of hydrogen-bond donors (Lipinski definition) is 2. The lowest BCUT2D eigenvalue weighted by atomic mass is 10.2. The van der Waals surface area contributed by atoms with Crippen molar-refractivity contribution < 1.29 is 19.1 Å². The Bertz CT molecular complexity index is 1160. The molecule has 3 aromatic rings. The van der Waals surface area contributed by atoms with Gasteiger partial charge in [0.25, 0.3) is 11.8 Å². The Morgan fingerprint density at radius 3 is 2.16 bits per heavy atom. The number of carbonyl (C=O) groups excluding carboxylic acids is 3. The zero-order valence-corrected chi connectivity index (χ0v) is 17.3. The third kappa shape index (κ3) is 5.08. The van der Waals surface area contributed by atoms with Crippen molar-refractivity contribution in [3.63, 3.8) is 0 Å². The monoisotopic (exact) mass is 422 g/mol. The molecule has 31 heavy (non-hydrogen) atoms. The highest BCUT2D eigenvalue weighted by Gasteiger charge is 2.13. The molecule has 0 atom stereocenters. The van der Waals surface area contributed by atoms with Crippen LogP contribution in [0, 0.1) is 6.92 Å². The van der Waals surface area contributed by atoms with Gasteiger partial charge < -0.3 is 19.9 Å². The van der Waals surface area contributed by atoms with Crippen molar-refractivity contribution in [1.82, 2.24) is 14.5 Å². The fraction of sp³-hybridized carbons (Fsp3) is 0.182. The van der Waals surface area contributed by atoms with E-state index in [0.29, 0.717) is 16.9 Å². The van der Waals surface area contributed by atoms with Gasteiger partial charge in [-0.2, -0.15) is 0 Å². The Kier molecular flexibility index (Phi) is 6.35. The number of nitrogens with zero attached hydrogens (tertiary/aromatic N) is 2. The van der Waals surface area contributed by atoms with Crippen molar-refractivity contribution in [1.29, 1.82) is 0 Å². The maximum atomic E-state index is 12.2. The number of aryl methyl sites for hydroxylation is 1. The summed E-state index contributed by atoms with van der Waals surface area (Å²) in [4.78, 5) is 52.0. The number of amides is 2. The molecule has 0 saturated heterocycles. The smallest absolute Gasteiger partial charge is 0.338 e. The summed E-state index contributed by atoms with van der Waals surface area (Å²) >= 11 is 0. The van der Waals surface area contributed by atoms with Crippen LogP contribution in [0.4, 0.5) is 5.69 Å². The highest BCUT2D eigenvalue weighted by Crippen LogP contribution is 2.12. The molecule has 9 nitrogen and oxygen atoms in total. The van der Waals surface area contributed by atoms with E-state index in [2.05, 4.69) is 10.3 Å². The van der Waals surface area contributed by atoms with Gasteiger partial charge in [0.05, 0.1) is 11.3 Å². The van der Waals surface area contributed by atoms with Gasteiger partial charge in [-0.3, -0.25) is 14.2 Å². The summed E-state index contributed by atoms with van der Waals surface area (Å²) in [5.74, 6) is -1.31. The second-order valence-corrected chi connectivity index (χ2v) is 7.02. The van der Waals surface area contributed by atoms with Gasteiger partial charge in [-0.1, -0.05) is 0 Å². The quantitative estimate of drug-likeness (QED) is 0.590. The topological polar surface area (TPSA) is 113 Å². The molecule has 0 aliphatic rings. The van der Waals surface area contributed by atoms with Gasteiger partial charge >= 0.3 is 11.7 Å². The Hall–Kier alpha value is -4.14. The third-order valence-electron chi connectivity index (χ3n) is 4.48. The van der Waals surface area contributed by atoms with Crippen LogP contribution in [0.25, 0.3) is 5.69 Å². The minimum atomic E-state index is -0.660. The van der Waals surface area contributed by atoms with Crippen molar-refractivity contribution in [3.8, 4) is 5.69 Å². The molecule has 0 aliphatic heterocycles. The summed E-state index contributed by atoms with van der Waals surface area (Å²) in [6.45, 7) is 1.32. The number of aromatic amines is 1. The molecule has 0 saturated carbocycles. The van der Waals surface area contributed by atoms with Crippen LogP contribution in [0.15, 0.2) is 59.5 Å². The van der Waals surface area contributed by atoms with Crippen molar-refractivity contribution >= 4 is 23.5 Å². The molecule has 0 unspecified atom stereocenters. The summed E-state index contributed by atoms with van der Waals surface area (Å²) in [6, 6.07) is 12.7. The summed E-state index contributed by atoms with van der Waals surface area (Å²) in [6.07, 6.45) is 1.59. The zero-order chi connectivity index (χ0) is 22.5. The first-order valence-electron chi connectivity index (χ1n) is 9.42. The van der Waals surface area contributed by atoms with Crippen LogP contribution < -0.4 is 11.0 Å². The van der Waals surface area contributed by atoms with Gasteiger partial charge in [-0.05, 0) is 55.5 Å². The fourth-order valence-electron chi connectivity index (χ4n) is 2.89. The van der Waals surface area contributed by atoms with Gasteiger partial charge in [-0.15, -0.1) is 0 Å². The zero-order valence-electron chi connectivity index (χ0n) is 17.3. The average molecular weight is 422 g/mol. The number of anilines is 1. The second kappa shape index (κ2) is 9.12. The van der Waals surface area contributed by atoms with Crippen LogP contribution >= 0.6 is 0 Å². The average Bonchev–Trinajstić information content (AvgIpc) is 3.10. The van der Waals surface area contributed by atoms with E-state index in [4.69, 9.17) is 4.74 Å². The van der Waals surface area contributed by atoms with Crippen LogP contribution in [0.1, 0.15) is 26.4 Å². The predicted octanol–water partition coefficient (Wildman–Crippen LogP) is 1.97. The number of rotatable bonds is 6. The number of H-pyrrole nitrogens is 1. The SMILES string of the molecule is Cc1c[nH]c(=O)n1-c1ccc(C(=O)OCC(=O)Nc2ccc(C(=O)N(C)C)cc2)cc1. The molecule has 2 N–H and O–H groups in total. The van der Waals surface area contributed by atoms with Gasteiger partial charge in [0.1, 0.15) is 0 Å². The van der Waals surface area contributed by atoms with Crippen LogP contribution in [0.2, 0.25) is 0 Å². The van der Waals surface area contributed by atoms with E-state index in [9.17, 15) is 19.2 Å². The highest BCUT2D eigenvalue weighted by atomic mass is 16.5. The van der Waals surface area contributed by atoms with Crippen molar-refractivity contribution in [2.45, 2.75) is 6.92 Å². The molecule has 0 spiro atoms. The lowest BCUT2D eigenvalue weighted by Gasteiger charge is -2.11. The second-order valence-electron chi connectivity index (χ2n) is 7.02. The minimum Gasteiger partial charge on any atom is -0.452 e. The number of imidazole rings is 1. The molecule has 160 valence electrons. The molecule has 1 aromatic heterocycles. The molecule has 0 radical (unpaired) electrons. The molecule has 3 rings (SSSR count). The van der Waals surface area contributed by atoms with E-state index < -0.39 is 18.5 Å². The van der Waals surface area contributed by atoms with Gasteiger partial charge in [0.15, 0.2) is 6.61 Å².